The van der Waals surface area contributed by atoms with E-state index in [1.807, 2.05) is 0 Å². The number of carbonyl (C=O) groups excluding carboxylic acids is 2. The molecule has 15 heteroatoms. The van der Waals surface area contributed by atoms with Crippen molar-refractivity contribution in [3.05, 3.63) is 11.6 Å². The van der Waals surface area contributed by atoms with Crippen molar-refractivity contribution < 1.29 is 73.4 Å². The third kappa shape index (κ3) is 6.39. The number of rotatable bonds is 8. The quantitative estimate of drug-likeness (QED) is 0.147. The van der Waals surface area contributed by atoms with E-state index in [9.17, 15) is 40.2 Å². The van der Waals surface area contributed by atoms with Crippen LogP contribution in [0.3, 0.4) is 0 Å². The van der Waals surface area contributed by atoms with Crippen LogP contribution >= 0.6 is 0 Å². The molecule has 0 aromatic heterocycles. The highest BCUT2D eigenvalue weighted by molar-refractivity contribution is 5.85. The van der Waals surface area contributed by atoms with E-state index in [1.54, 1.807) is 6.92 Å². The zero-order valence-corrected chi connectivity index (χ0v) is 31.2. The van der Waals surface area contributed by atoms with Crippen molar-refractivity contribution in [1.82, 2.24) is 0 Å². The van der Waals surface area contributed by atoms with E-state index in [0.29, 0.717) is 12.3 Å². The number of hydrogen-bond acceptors (Lipinski definition) is 15. The van der Waals surface area contributed by atoms with Crippen LogP contribution in [-0.2, 0) is 42.7 Å². The monoisotopic (exact) mass is 754 g/mol. The molecule has 53 heavy (non-hydrogen) atoms. The molecule has 0 bridgehead atoms. The largest absolute Gasteiger partial charge is 0.458 e. The first-order valence-corrected chi connectivity index (χ1v) is 19.3. The number of carbonyl (C=O) groups is 2. The predicted octanol–water partition coefficient (Wildman–Crippen LogP) is 0.476. The topological polar surface area (TPSA) is 220 Å². The van der Waals surface area contributed by atoms with Gasteiger partial charge in [-0.2, -0.15) is 0 Å². The number of cyclic esters (lactones) is 1. The standard InChI is InChI=1S/C38H58O15/c1-17-32(52-34-30(45)29(44)28(43)25(15-39)51-34)33(47-5)31(46)35(49-17)50-21-8-10-36(3)20(13-21)6-7-23-22(36)9-11-37(4)27(19-12-26(42)48-16-19)24(41)14-38(23,37)53-18(2)40/h12,17,20-25,27-35,39,41,43-46H,6-11,13-16H2,1-5H3/t17-,20-,21+,22+,23-,24+,25-,27+,28-,29+,30-,31-,32+,33-,34+,35+,36+,37-,38+/m1/s1. The summed E-state index contributed by atoms with van der Waals surface area (Å²) in [4.78, 5) is 24.9. The Morgan fingerprint density at radius 3 is 2.30 bits per heavy atom. The van der Waals surface area contributed by atoms with Crippen LogP contribution in [0.15, 0.2) is 11.6 Å². The van der Waals surface area contributed by atoms with Gasteiger partial charge in [-0.05, 0) is 74.7 Å². The molecule has 300 valence electrons. The lowest BCUT2D eigenvalue weighted by Gasteiger charge is -2.64. The molecule has 0 aromatic carbocycles. The Hall–Kier alpha value is -1.76. The summed E-state index contributed by atoms with van der Waals surface area (Å²) in [6.45, 7) is 7.17. The molecule has 0 radical (unpaired) electrons. The van der Waals surface area contributed by atoms with Gasteiger partial charge in [0.05, 0.1) is 24.9 Å². The van der Waals surface area contributed by atoms with Crippen molar-refractivity contribution in [2.75, 3.05) is 20.3 Å². The van der Waals surface area contributed by atoms with E-state index < -0.39 is 91.1 Å². The van der Waals surface area contributed by atoms with Gasteiger partial charge in [0.15, 0.2) is 12.6 Å². The molecule has 0 aromatic rings. The van der Waals surface area contributed by atoms with Gasteiger partial charge in [-0.3, -0.25) is 4.79 Å². The summed E-state index contributed by atoms with van der Waals surface area (Å²) >= 11 is 0. The van der Waals surface area contributed by atoms with Gasteiger partial charge in [0.25, 0.3) is 0 Å². The summed E-state index contributed by atoms with van der Waals surface area (Å²) in [5.74, 6) is -0.532. The normalized spacial score (nSPS) is 52.5. The van der Waals surface area contributed by atoms with Gasteiger partial charge in [-0.15, -0.1) is 0 Å². The SMILES string of the molecule is CO[C@@H]1[C@@H](O)[C@H](O[C@H]2CC[C@@]3(C)[C@H](CC[C@@H]4[C@@H]3CC[C@]3(C)[C@@H](C5=CC(=O)OC5)[C@@H](O)C[C@]43OC(C)=O)C2)O[C@H](C)[C@@H]1O[C@@H]1O[C@H](CO)[C@@H](O)[C@H](O)[C@H]1O. The second-order valence-corrected chi connectivity index (χ2v) is 17.2. The Kier molecular flexibility index (Phi) is 10.9. The summed E-state index contributed by atoms with van der Waals surface area (Å²) in [5.41, 5.74) is -0.737. The van der Waals surface area contributed by atoms with E-state index in [1.165, 1.54) is 20.1 Å². The third-order valence-corrected chi connectivity index (χ3v) is 14.7. The molecule has 0 spiro atoms. The number of methoxy groups -OCH3 is 1. The van der Waals surface area contributed by atoms with Crippen LogP contribution in [0.1, 0.15) is 79.1 Å². The maximum atomic E-state index is 12.8. The van der Waals surface area contributed by atoms with Gasteiger partial charge >= 0.3 is 11.9 Å². The van der Waals surface area contributed by atoms with E-state index in [4.69, 9.17) is 33.2 Å². The van der Waals surface area contributed by atoms with E-state index in [2.05, 4.69) is 13.8 Å². The molecular formula is C38H58O15. The number of ether oxygens (including phenoxy) is 7. The van der Waals surface area contributed by atoms with Crippen molar-refractivity contribution in [2.45, 2.75) is 158 Å². The average Bonchev–Trinajstić information content (AvgIpc) is 3.62. The molecule has 7 aliphatic rings. The Bertz CT molecular complexity index is 1410. The summed E-state index contributed by atoms with van der Waals surface area (Å²) in [6, 6.07) is 0. The van der Waals surface area contributed by atoms with Crippen LogP contribution in [0, 0.1) is 34.5 Å². The van der Waals surface area contributed by atoms with Gasteiger partial charge in [-0.1, -0.05) is 13.8 Å². The molecular weight excluding hydrogens is 696 g/mol. The Morgan fingerprint density at radius 1 is 0.906 bits per heavy atom. The molecule has 0 unspecified atom stereocenters. The number of aliphatic hydroxyl groups excluding tert-OH is 6. The van der Waals surface area contributed by atoms with Crippen molar-refractivity contribution in [3.8, 4) is 0 Å². The first-order chi connectivity index (χ1) is 25.1. The van der Waals surface area contributed by atoms with E-state index in [-0.39, 0.29) is 41.8 Å². The molecule has 7 rings (SSSR count). The molecule has 15 nitrogen and oxygen atoms in total. The van der Waals surface area contributed by atoms with Gasteiger partial charge in [0.1, 0.15) is 54.9 Å². The van der Waals surface area contributed by atoms with Crippen molar-refractivity contribution in [1.29, 1.82) is 0 Å². The smallest absolute Gasteiger partial charge is 0.331 e. The Morgan fingerprint density at radius 2 is 1.64 bits per heavy atom. The zero-order chi connectivity index (χ0) is 38.2. The highest BCUT2D eigenvalue weighted by Crippen LogP contribution is 2.71. The molecule has 3 aliphatic heterocycles. The van der Waals surface area contributed by atoms with Crippen LogP contribution in [-0.4, -0.2) is 142 Å². The Balaban J connectivity index is 1.03. The van der Waals surface area contributed by atoms with Gasteiger partial charge in [-0.25, -0.2) is 4.79 Å². The lowest BCUT2D eigenvalue weighted by Crippen LogP contribution is -2.65. The summed E-state index contributed by atoms with van der Waals surface area (Å²) < 4.78 is 41.6. The molecule has 0 amide bonds. The fourth-order valence-corrected chi connectivity index (χ4v) is 12.1. The fraction of sp³-hybridized carbons (Fsp3) is 0.895. The molecule has 3 heterocycles. The van der Waals surface area contributed by atoms with Crippen LogP contribution in [0.4, 0.5) is 0 Å². The first-order valence-electron chi connectivity index (χ1n) is 19.3. The maximum Gasteiger partial charge on any atom is 0.331 e. The van der Waals surface area contributed by atoms with Gasteiger partial charge in [0, 0.05) is 43.8 Å². The predicted molar refractivity (Wildman–Crippen MR) is 181 cm³/mol. The molecule has 19 atom stereocenters. The number of hydrogen-bond donors (Lipinski definition) is 6. The van der Waals surface area contributed by atoms with Crippen LogP contribution in [0.5, 0.6) is 0 Å². The first kappa shape index (κ1) is 39.5. The van der Waals surface area contributed by atoms with Crippen LogP contribution < -0.4 is 0 Å². The minimum Gasteiger partial charge on any atom is -0.458 e. The minimum atomic E-state index is -1.62. The second-order valence-electron chi connectivity index (χ2n) is 17.2. The van der Waals surface area contributed by atoms with Gasteiger partial charge < -0.3 is 63.8 Å². The molecule has 4 saturated carbocycles. The van der Waals surface area contributed by atoms with Crippen molar-refractivity contribution in [2.24, 2.45) is 34.5 Å². The maximum absolute atomic E-state index is 12.8. The van der Waals surface area contributed by atoms with E-state index in [0.717, 1.165) is 50.5 Å². The fourth-order valence-electron chi connectivity index (χ4n) is 12.1. The van der Waals surface area contributed by atoms with Crippen molar-refractivity contribution in [3.63, 3.8) is 0 Å². The van der Waals surface area contributed by atoms with Crippen molar-refractivity contribution >= 4 is 11.9 Å². The highest BCUT2D eigenvalue weighted by Gasteiger charge is 2.72. The number of fused-ring (bicyclic) bond motifs is 5. The molecule has 6 fully saturated rings. The van der Waals surface area contributed by atoms with Crippen LogP contribution in [0.25, 0.3) is 0 Å². The molecule has 6 N–H and O–H groups in total. The third-order valence-electron chi connectivity index (χ3n) is 14.7. The minimum absolute atomic E-state index is 0.0366. The lowest BCUT2D eigenvalue weighted by atomic mass is 9.43. The zero-order valence-electron chi connectivity index (χ0n) is 31.2. The summed E-state index contributed by atoms with van der Waals surface area (Å²) in [6.07, 6.45) is -5.77. The molecule has 4 aliphatic carbocycles. The second kappa shape index (κ2) is 14.6. The average molecular weight is 755 g/mol. The van der Waals surface area contributed by atoms with Gasteiger partial charge in [0.2, 0.25) is 0 Å². The molecule has 2 saturated heterocycles. The number of esters is 2. The summed E-state index contributed by atoms with van der Waals surface area (Å²) in [7, 11) is 1.42. The number of aliphatic hydroxyl groups is 6. The summed E-state index contributed by atoms with van der Waals surface area (Å²) in [5, 5.41) is 63.6. The van der Waals surface area contributed by atoms with Crippen LogP contribution in [0.2, 0.25) is 0 Å². The lowest BCUT2D eigenvalue weighted by molar-refractivity contribution is -0.362. The van der Waals surface area contributed by atoms with E-state index >= 15 is 0 Å². The highest BCUT2D eigenvalue weighted by atomic mass is 16.7. The Labute approximate surface area is 309 Å².